The van der Waals surface area contributed by atoms with E-state index >= 15 is 0 Å². The van der Waals surface area contributed by atoms with Crippen molar-refractivity contribution in [1.82, 2.24) is 0 Å². The molecule has 0 aliphatic carbocycles. The van der Waals surface area contributed by atoms with Crippen molar-refractivity contribution in [2.45, 2.75) is 16.3 Å². The fourth-order valence-electron chi connectivity index (χ4n) is 2.78. The van der Waals surface area contributed by atoms with Crippen molar-refractivity contribution in [1.29, 1.82) is 0 Å². The van der Waals surface area contributed by atoms with Gasteiger partial charge in [0.1, 0.15) is 5.25 Å². The summed E-state index contributed by atoms with van der Waals surface area (Å²) < 4.78 is 64.7. The van der Waals surface area contributed by atoms with Crippen LogP contribution in [0.3, 0.4) is 0 Å². The van der Waals surface area contributed by atoms with Gasteiger partial charge in [0.2, 0.25) is 0 Å². The first-order valence-corrected chi connectivity index (χ1v) is 9.36. The molecule has 26 heavy (non-hydrogen) atoms. The van der Waals surface area contributed by atoms with Gasteiger partial charge in [-0.05, 0) is 35.4 Å². The van der Waals surface area contributed by atoms with Crippen molar-refractivity contribution >= 4 is 9.84 Å². The molecule has 3 rings (SSSR count). The summed E-state index contributed by atoms with van der Waals surface area (Å²) >= 11 is 0. The molecule has 0 unspecified atom stereocenters. The highest BCUT2D eigenvalue weighted by molar-refractivity contribution is 7.91. The maximum Gasteiger partial charge on any atom is 0.416 e. The third-order valence-electron chi connectivity index (χ3n) is 4.03. The monoisotopic (exact) mass is 376 g/mol. The van der Waals surface area contributed by atoms with Crippen LogP contribution in [0.2, 0.25) is 0 Å². The zero-order valence-electron chi connectivity index (χ0n) is 13.5. The molecule has 2 nitrogen and oxygen atoms in total. The SMILES string of the molecule is O=S(=O)(c1ccc(C(F)(F)F)cc1)C(c1ccccc1)c1ccccc1. The quantitative estimate of drug-likeness (QED) is 0.622. The molecule has 0 saturated heterocycles. The first-order chi connectivity index (χ1) is 12.3. The van der Waals surface area contributed by atoms with Crippen LogP contribution in [-0.4, -0.2) is 8.42 Å². The Labute approximate surface area is 149 Å². The third kappa shape index (κ3) is 3.65. The normalized spacial score (nSPS) is 12.3. The van der Waals surface area contributed by atoms with Crippen molar-refractivity contribution in [3.63, 3.8) is 0 Å². The Hall–Kier alpha value is -2.60. The molecule has 0 bridgehead atoms. The predicted octanol–water partition coefficient (Wildman–Crippen LogP) is 5.27. The molecular formula is C20H15F3O2S. The standard InChI is InChI=1S/C20H15F3O2S/c21-20(22,23)17-11-13-18(14-12-17)26(24,25)19(15-7-3-1-4-8-15)16-9-5-2-6-10-16/h1-14,19H. The molecule has 0 fully saturated rings. The topological polar surface area (TPSA) is 34.1 Å². The first-order valence-electron chi connectivity index (χ1n) is 7.81. The van der Waals surface area contributed by atoms with Gasteiger partial charge in [-0.25, -0.2) is 8.42 Å². The minimum Gasteiger partial charge on any atom is -0.223 e. The van der Waals surface area contributed by atoms with Crippen LogP contribution in [0.5, 0.6) is 0 Å². The van der Waals surface area contributed by atoms with Crippen molar-refractivity contribution in [3.05, 3.63) is 102 Å². The number of hydrogen-bond donors (Lipinski definition) is 0. The molecule has 0 heterocycles. The van der Waals surface area contributed by atoms with E-state index in [2.05, 4.69) is 0 Å². The number of rotatable bonds is 4. The lowest BCUT2D eigenvalue weighted by atomic mass is 10.0. The molecule has 6 heteroatoms. The Morgan fingerprint density at radius 1 is 0.654 bits per heavy atom. The third-order valence-corrected chi connectivity index (χ3v) is 6.12. The van der Waals surface area contributed by atoms with Gasteiger partial charge in [-0.2, -0.15) is 13.2 Å². The summed E-state index contributed by atoms with van der Waals surface area (Å²) in [5.74, 6) is 0. The van der Waals surface area contributed by atoms with Crippen LogP contribution in [0.1, 0.15) is 21.9 Å². The average Bonchev–Trinajstić information content (AvgIpc) is 2.63. The van der Waals surface area contributed by atoms with E-state index in [-0.39, 0.29) is 4.90 Å². The summed E-state index contributed by atoms with van der Waals surface area (Å²) in [6.45, 7) is 0. The van der Waals surface area contributed by atoms with Crippen molar-refractivity contribution in [2.24, 2.45) is 0 Å². The van der Waals surface area contributed by atoms with Gasteiger partial charge in [0.25, 0.3) is 0 Å². The van der Waals surface area contributed by atoms with Crippen LogP contribution in [0, 0.1) is 0 Å². The molecule has 0 spiro atoms. The van der Waals surface area contributed by atoms with E-state index in [1.807, 2.05) is 0 Å². The zero-order valence-corrected chi connectivity index (χ0v) is 14.3. The summed E-state index contributed by atoms with van der Waals surface area (Å²) in [5.41, 5.74) is 0.226. The van der Waals surface area contributed by atoms with Crippen LogP contribution < -0.4 is 0 Å². The Balaban J connectivity index is 2.11. The molecule has 3 aromatic rings. The van der Waals surface area contributed by atoms with Crippen LogP contribution in [0.4, 0.5) is 13.2 Å². The number of hydrogen-bond acceptors (Lipinski definition) is 2. The Morgan fingerprint density at radius 3 is 1.46 bits per heavy atom. The van der Waals surface area contributed by atoms with Gasteiger partial charge in [-0.1, -0.05) is 60.7 Å². The molecule has 134 valence electrons. The molecule has 0 saturated carbocycles. The Morgan fingerprint density at radius 2 is 1.08 bits per heavy atom. The summed E-state index contributed by atoms with van der Waals surface area (Å²) in [4.78, 5) is -0.150. The summed E-state index contributed by atoms with van der Waals surface area (Å²) in [7, 11) is -3.94. The lowest BCUT2D eigenvalue weighted by Gasteiger charge is -2.19. The second-order valence-electron chi connectivity index (χ2n) is 5.77. The van der Waals surface area contributed by atoms with E-state index in [0.29, 0.717) is 11.1 Å². The van der Waals surface area contributed by atoms with Crippen molar-refractivity contribution in [2.75, 3.05) is 0 Å². The van der Waals surface area contributed by atoms with E-state index in [9.17, 15) is 21.6 Å². The van der Waals surface area contributed by atoms with E-state index in [1.54, 1.807) is 60.7 Å². The molecule has 0 amide bonds. The minimum atomic E-state index is -4.51. The maximum absolute atomic E-state index is 13.2. The summed E-state index contributed by atoms with van der Waals surface area (Å²) in [6, 6.07) is 20.8. The van der Waals surface area contributed by atoms with E-state index < -0.39 is 26.8 Å². The van der Waals surface area contributed by atoms with Crippen molar-refractivity contribution < 1.29 is 21.6 Å². The van der Waals surface area contributed by atoms with Gasteiger partial charge in [-0.3, -0.25) is 0 Å². The highest BCUT2D eigenvalue weighted by Crippen LogP contribution is 2.36. The van der Waals surface area contributed by atoms with Gasteiger partial charge in [0.05, 0.1) is 10.5 Å². The van der Waals surface area contributed by atoms with E-state index in [0.717, 1.165) is 24.3 Å². The summed E-state index contributed by atoms with van der Waals surface area (Å²) in [5, 5.41) is -0.998. The highest BCUT2D eigenvalue weighted by Gasteiger charge is 2.33. The largest absolute Gasteiger partial charge is 0.416 e. The molecular weight excluding hydrogens is 361 g/mol. The zero-order chi connectivity index (χ0) is 18.8. The maximum atomic E-state index is 13.2. The van der Waals surface area contributed by atoms with Crippen LogP contribution in [0.15, 0.2) is 89.8 Å². The van der Waals surface area contributed by atoms with Gasteiger partial charge in [0.15, 0.2) is 9.84 Å². The number of alkyl halides is 3. The number of halogens is 3. The molecule has 0 aliphatic heterocycles. The smallest absolute Gasteiger partial charge is 0.223 e. The van der Waals surface area contributed by atoms with Crippen LogP contribution in [-0.2, 0) is 16.0 Å². The second kappa shape index (κ2) is 6.96. The molecule has 0 aliphatic rings. The highest BCUT2D eigenvalue weighted by atomic mass is 32.2. The predicted molar refractivity (Wildman–Crippen MR) is 93.4 cm³/mol. The molecule has 0 radical (unpaired) electrons. The van der Waals surface area contributed by atoms with E-state index in [1.165, 1.54) is 0 Å². The number of sulfone groups is 1. The molecule has 3 aromatic carbocycles. The Bertz CT molecular complexity index is 926. The number of benzene rings is 3. The second-order valence-corrected chi connectivity index (χ2v) is 7.80. The van der Waals surface area contributed by atoms with Crippen LogP contribution >= 0.6 is 0 Å². The minimum absolute atomic E-state index is 0.150. The fourth-order valence-corrected chi connectivity index (χ4v) is 4.59. The lowest BCUT2D eigenvalue weighted by Crippen LogP contribution is -2.15. The van der Waals surface area contributed by atoms with Crippen LogP contribution in [0.25, 0.3) is 0 Å². The first kappa shape index (κ1) is 18.2. The molecule has 0 aromatic heterocycles. The van der Waals surface area contributed by atoms with Gasteiger partial charge in [0, 0.05) is 0 Å². The van der Waals surface area contributed by atoms with Gasteiger partial charge < -0.3 is 0 Å². The molecule has 0 atom stereocenters. The van der Waals surface area contributed by atoms with E-state index in [4.69, 9.17) is 0 Å². The average molecular weight is 376 g/mol. The lowest BCUT2D eigenvalue weighted by molar-refractivity contribution is -0.137. The van der Waals surface area contributed by atoms with Crippen molar-refractivity contribution in [3.8, 4) is 0 Å². The Kier molecular flexibility index (Phi) is 4.87. The summed E-state index contributed by atoms with van der Waals surface area (Å²) in [6.07, 6.45) is -4.51. The van der Waals surface area contributed by atoms with Gasteiger partial charge in [-0.15, -0.1) is 0 Å². The molecule has 0 N–H and O–H groups in total. The fraction of sp³-hybridized carbons (Fsp3) is 0.100. The van der Waals surface area contributed by atoms with Gasteiger partial charge >= 0.3 is 6.18 Å².